The molecular formula is C11H18N4O2. The van der Waals surface area contributed by atoms with Crippen molar-refractivity contribution in [3.05, 3.63) is 12.2 Å². The van der Waals surface area contributed by atoms with Gasteiger partial charge in [0.05, 0.1) is 12.0 Å². The molecule has 2 atom stereocenters. The molecule has 1 saturated heterocycles. The molecule has 2 unspecified atom stereocenters. The minimum absolute atomic E-state index is 0.00901. The Kier molecular flexibility index (Phi) is 4.08. The lowest BCUT2D eigenvalue weighted by molar-refractivity contribution is -0.126. The highest BCUT2D eigenvalue weighted by molar-refractivity contribution is 5.79. The summed E-state index contributed by atoms with van der Waals surface area (Å²) in [5, 5.41) is 9.44. The van der Waals surface area contributed by atoms with Gasteiger partial charge in [0, 0.05) is 19.6 Å². The van der Waals surface area contributed by atoms with Crippen molar-refractivity contribution in [3.8, 4) is 0 Å². The lowest BCUT2D eigenvalue weighted by atomic mass is 9.99. The highest BCUT2D eigenvalue weighted by Gasteiger charge is 2.32. The topological polar surface area (TPSA) is 79.9 Å². The number of nitrogens with zero attached hydrogens (tertiary/aromatic N) is 2. The van der Waals surface area contributed by atoms with Gasteiger partial charge in [0.15, 0.2) is 0 Å². The van der Waals surface area contributed by atoms with Crippen LogP contribution < -0.4 is 5.32 Å². The second kappa shape index (κ2) is 5.77. The van der Waals surface area contributed by atoms with E-state index in [9.17, 15) is 4.79 Å². The maximum absolute atomic E-state index is 11.9. The molecule has 17 heavy (non-hydrogen) atoms. The molecule has 1 aliphatic heterocycles. The number of hydrogen-bond donors (Lipinski definition) is 2. The lowest BCUT2D eigenvalue weighted by Gasteiger charge is -2.16. The first kappa shape index (κ1) is 12.0. The molecule has 1 fully saturated rings. The Morgan fingerprint density at radius 3 is 3.29 bits per heavy atom. The van der Waals surface area contributed by atoms with Crippen LogP contribution in [0, 0.1) is 5.92 Å². The van der Waals surface area contributed by atoms with Crippen molar-refractivity contribution >= 4 is 5.91 Å². The third kappa shape index (κ3) is 3.03. The molecule has 1 aliphatic rings. The van der Waals surface area contributed by atoms with Crippen LogP contribution in [-0.4, -0.2) is 40.3 Å². The van der Waals surface area contributed by atoms with Crippen LogP contribution in [0.4, 0.5) is 0 Å². The van der Waals surface area contributed by atoms with Crippen LogP contribution in [0.3, 0.4) is 0 Å². The van der Waals surface area contributed by atoms with Crippen molar-refractivity contribution < 1.29 is 9.53 Å². The van der Waals surface area contributed by atoms with Crippen molar-refractivity contribution in [2.45, 2.75) is 32.3 Å². The summed E-state index contributed by atoms with van der Waals surface area (Å²) in [4.78, 5) is 15.9. The molecule has 0 spiro atoms. The summed E-state index contributed by atoms with van der Waals surface area (Å²) in [6.45, 7) is 3.32. The molecule has 94 valence electrons. The Balaban J connectivity index is 1.73. The zero-order chi connectivity index (χ0) is 12.1. The lowest BCUT2D eigenvalue weighted by Crippen LogP contribution is -2.36. The van der Waals surface area contributed by atoms with Crippen LogP contribution in [-0.2, 0) is 16.0 Å². The van der Waals surface area contributed by atoms with Gasteiger partial charge in [-0.15, -0.1) is 0 Å². The van der Waals surface area contributed by atoms with Crippen molar-refractivity contribution in [1.29, 1.82) is 0 Å². The van der Waals surface area contributed by atoms with Gasteiger partial charge in [-0.3, -0.25) is 9.89 Å². The molecule has 1 aromatic rings. The summed E-state index contributed by atoms with van der Waals surface area (Å²) >= 11 is 0. The number of carbonyl (C=O) groups is 1. The molecule has 6 nitrogen and oxygen atoms in total. The second-order valence-electron chi connectivity index (χ2n) is 4.19. The monoisotopic (exact) mass is 238 g/mol. The van der Waals surface area contributed by atoms with E-state index >= 15 is 0 Å². The molecule has 1 amide bonds. The van der Waals surface area contributed by atoms with Crippen LogP contribution in [0.25, 0.3) is 0 Å². The van der Waals surface area contributed by atoms with E-state index in [1.165, 1.54) is 6.33 Å². The molecule has 0 saturated carbocycles. The largest absolute Gasteiger partial charge is 0.377 e. The van der Waals surface area contributed by atoms with Gasteiger partial charge in [0.25, 0.3) is 0 Å². The summed E-state index contributed by atoms with van der Waals surface area (Å²) < 4.78 is 5.50. The number of H-pyrrole nitrogens is 1. The van der Waals surface area contributed by atoms with Gasteiger partial charge in [-0.25, -0.2) is 4.98 Å². The maximum atomic E-state index is 11.9. The summed E-state index contributed by atoms with van der Waals surface area (Å²) in [6.07, 6.45) is 3.94. The van der Waals surface area contributed by atoms with Crippen LogP contribution in [0.5, 0.6) is 0 Å². The number of hydrogen-bond acceptors (Lipinski definition) is 4. The summed E-state index contributed by atoms with van der Waals surface area (Å²) in [6, 6.07) is 0. The Labute approximate surface area is 100 Å². The molecular weight excluding hydrogens is 220 g/mol. The first-order chi connectivity index (χ1) is 8.31. The number of nitrogens with one attached hydrogen (secondary N) is 2. The average molecular weight is 238 g/mol. The number of amides is 1. The fourth-order valence-electron chi connectivity index (χ4n) is 2.14. The molecule has 2 heterocycles. The first-order valence-corrected chi connectivity index (χ1v) is 6.04. The van der Waals surface area contributed by atoms with Crippen molar-refractivity contribution in [1.82, 2.24) is 20.5 Å². The molecule has 0 aromatic carbocycles. The van der Waals surface area contributed by atoms with Crippen LogP contribution >= 0.6 is 0 Å². The minimum Gasteiger partial charge on any atom is -0.377 e. The highest BCUT2D eigenvalue weighted by atomic mass is 16.5. The SMILES string of the molecule is CCC1OCCC1C(=O)NCCc1ncn[nH]1. The van der Waals surface area contributed by atoms with E-state index in [-0.39, 0.29) is 17.9 Å². The van der Waals surface area contributed by atoms with Gasteiger partial charge >= 0.3 is 0 Å². The summed E-state index contributed by atoms with van der Waals surface area (Å²) in [5.74, 6) is 0.892. The fourth-order valence-corrected chi connectivity index (χ4v) is 2.14. The van der Waals surface area contributed by atoms with E-state index in [1.807, 2.05) is 6.92 Å². The van der Waals surface area contributed by atoms with Crippen LogP contribution in [0.1, 0.15) is 25.6 Å². The third-order valence-corrected chi connectivity index (χ3v) is 3.07. The Morgan fingerprint density at radius 2 is 2.59 bits per heavy atom. The number of aromatic amines is 1. The average Bonchev–Trinajstić information content (AvgIpc) is 2.99. The third-order valence-electron chi connectivity index (χ3n) is 3.07. The van der Waals surface area contributed by atoms with Crippen molar-refractivity contribution in [3.63, 3.8) is 0 Å². The normalized spacial score (nSPS) is 23.8. The second-order valence-corrected chi connectivity index (χ2v) is 4.19. The predicted octanol–water partition coefficient (Wildman–Crippen LogP) is 0.278. The number of aromatic nitrogens is 3. The van der Waals surface area contributed by atoms with Gasteiger partial charge < -0.3 is 10.1 Å². The van der Waals surface area contributed by atoms with Gasteiger partial charge in [-0.2, -0.15) is 5.10 Å². The Hall–Kier alpha value is -1.43. The summed E-state index contributed by atoms with van der Waals surface area (Å²) in [5.41, 5.74) is 0. The van der Waals surface area contributed by atoms with E-state index in [0.29, 0.717) is 19.6 Å². The van der Waals surface area contributed by atoms with E-state index in [1.54, 1.807) is 0 Å². The Morgan fingerprint density at radius 1 is 1.71 bits per heavy atom. The number of rotatable bonds is 5. The van der Waals surface area contributed by atoms with E-state index in [0.717, 1.165) is 18.7 Å². The van der Waals surface area contributed by atoms with Crippen LogP contribution in [0.2, 0.25) is 0 Å². The van der Waals surface area contributed by atoms with Gasteiger partial charge in [-0.05, 0) is 12.8 Å². The number of ether oxygens (including phenoxy) is 1. The molecule has 1 aromatic heterocycles. The van der Waals surface area contributed by atoms with Crippen molar-refractivity contribution in [2.75, 3.05) is 13.2 Å². The van der Waals surface area contributed by atoms with Crippen molar-refractivity contribution in [2.24, 2.45) is 5.92 Å². The minimum atomic E-state index is 0.00901. The molecule has 0 radical (unpaired) electrons. The predicted molar refractivity (Wildman–Crippen MR) is 61.2 cm³/mol. The quantitative estimate of drug-likeness (QED) is 0.772. The fraction of sp³-hybridized carbons (Fsp3) is 0.727. The van der Waals surface area contributed by atoms with Gasteiger partial charge in [0.2, 0.25) is 5.91 Å². The standard InChI is InChI=1S/C11H18N4O2/c1-2-9-8(4-6-17-9)11(16)12-5-3-10-13-7-14-15-10/h7-9H,2-6H2,1H3,(H,12,16)(H,13,14,15). The van der Waals surface area contributed by atoms with Gasteiger partial charge in [0.1, 0.15) is 12.2 Å². The van der Waals surface area contributed by atoms with Gasteiger partial charge in [-0.1, -0.05) is 6.92 Å². The number of carbonyl (C=O) groups excluding carboxylic acids is 1. The highest BCUT2D eigenvalue weighted by Crippen LogP contribution is 2.23. The van der Waals surface area contributed by atoms with E-state index < -0.39 is 0 Å². The molecule has 2 rings (SSSR count). The van der Waals surface area contributed by atoms with E-state index in [4.69, 9.17) is 4.74 Å². The first-order valence-electron chi connectivity index (χ1n) is 6.04. The molecule has 0 aliphatic carbocycles. The maximum Gasteiger partial charge on any atom is 0.225 e. The zero-order valence-corrected chi connectivity index (χ0v) is 9.98. The zero-order valence-electron chi connectivity index (χ0n) is 9.98. The molecule has 6 heteroatoms. The molecule has 2 N–H and O–H groups in total. The van der Waals surface area contributed by atoms with E-state index in [2.05, 4.69) is 20.5 Å². The van der Waals surface area contributed by atoms with Crippen LogP contribution in [0.15, 0.2) is 6.33 Å². The smallest absolute Gasteiger partial charge is 0.225 e. The summed E-state index contributed by atoms with van der Waals surface area (Å²) in [7, 11) is 0. The Bertz CT molecular complexity index is 352. The molecule has 0 bridgehead atoms.